The molecule has 4 atom stereocenters. The highest BCUT2D eigenvalue weighted by Crippen LogP contribution is 2.46. The van der Waals surface area contributed by atoms with Gasteiger partial charge in [-0.1, -0.05) is 20.8 Å². The summed E-state index contributed by atoms with van der Waals surface area (Å²) in [5, 5.41) is 0. The number of halogens is 1. The van der Waals surface area contributed by atoms with Crippen molar-refractivity contribution in [3.8, 4) is 0 Å². The van der Waals surface area contributed by atoms with Gasteiger partial charge < -0.3 is 0 Å². The molecule has 0 aromatic rings. The first kappa shape index (κ1) is 8.03. The predicted octanol–water partition coefficient (Wildman–Crippen LogP) is 3.03. The summed E-state index contributed by atoms with van der Waals surface area (Å²) in [6, 6.07) is 0. The molecule has 1 aliphatic rings. The molecular weight excluding hydrogens is 127 g/mol. The van der Waals surface area contributed by atoms with Crippen LogP contribution in [-0.4, -0.2) is 5.67 Å². The van der Waals surface area contributed by atoms with E-state index in [4.69, 9.17) is 0 Å². The van der Waals surface area contributed by atoms with Crippen LogP contribution >= 0.6 is 0 Å². The van der Waals surface area contributed by atoms with E-state index in [1.54, 1.807) is 6.92 Å². The minimum Gasteiger partial charge on any atom is -0.244 e. The SMILES string of the molecule is CC1CC(C)C(C)(F)C1C. The van der Waals surface area contributed by atoms with Gasteiger partial charge in [-0.05, 0) is 31.1 Å². The summed E-state index contributed by atoms with van der Waals surface area (Å²) in [6.45, 7) is 7.92. The van der Waals surface area contributed by atoms with Gasteiger partial charge in [-0.25, -0.2) is 4.39 Å². The molecule has 1 heteroatoms. The lowest BCUT2D eigenvalue weighted by molar-refractivity contribution is 0.0904. The van der Waals surface area contributed by atoms with Crippen LogP contribution in [-0.2, 0) is 0 Å². The number of alkyl halides is 1. The molecule has 4 unspecified atom stereocenters. The lowest BCUT2D eigenvalue weighted by Crippen LogP contribution is -2.28. The minimum absolute atomic E-state index is 0.238. The number of hydrogen-bond donors (Lipinski definition) is 0. The van der Waals surface area contributed by atoms with Crippen molar-refractivity contribution in [1.82, 2.24) is 0 Å². The second kappa shape index (κ2) is 2.21. The summed E-state index contributed by atoms with van der Waals surface area (Å²) < 4.78 is 13.6. The summed E-state index contributed by atoms with van der Waals surface area (Å²) >= 11 is 0. The highest BCUT2D eigenvalue weighted by molar-refractivity contribution is 4.94. The summed E-state index contributed by atoms with van der Waals surface area (Å²) in [7, 11) is 0. The molecule has 1 saturated carbocycles. The molecule has 1 aliphatic carbocycles. The van der Waals surface area contributed by atoms with Gasteiger partial charge in [0.1, 0.15) is 5.67 Å². The third kappa shape index (κ3) is 0.959. The van der Waals surface area contributed by atoms with E-state index in [1.165, 1.54) is 0 Å². The van der Waals surface area contributed by atoms with Crippen LogP contribution < -0.4 is 0 Å². The Morgan fingerprint density at radius 3 is 1.90 bits per heavy atom. The van der Waals surface area contributed by atoms with Gasteiger partial charge in [0.25, 0.3) is 0 Å². The molecule has 60 valence electrons. The predicted molar refractivity (Wildman–Crippen MR) is 41.6 cm³/mol. The van der Waals surface area contributed by atoms with Crippen LogP contribution in [0.4, 0.5) is 4.39 Å². The largest absolute Gasteiger partial charge is 0.244 e. The molecule has 0 bridgehead atoms. The molecule has 0 radical (unpaired) electrons. The first-order valence-electron chi connectivity index (χ1n) is 4.15. The first-order valence-corrected chi connectivity index (χ1v) is 4.15. The van der Waals surface area contributed by atoms with E-state index in [-0.39, 0.29) is 11.8 Å². The summed E-state index contributed by atoms with van der Waals surface area (Å²) in [4.78, 5) is 0. The van der Waals surface area contributed by atoms with Crippen molar-refractivity contribution in [2.45, 2.75) is 39.8 Å². The summed E-state index contributed by atoms with van der Waals surface area (Å²) in [6.07, 6.45) is 1.05. The molecule has 0 aliphatic heterocycles. The van der Waals surface area contributed by atoms with Gasteiger partial charge >= 0.3 is 0 Å². The standard InChI is InChI=1S/C9H17F/c1-6-5-7(2)9(4,10)8(6)3/h6-8H,5H2,1-4H3. The summed E-state index contributed by atoms with van der Waals surface area (Å²) in [5.74, 6) is 1.05. The molecule has 0 N–H and O–H groups in total. The van der Waals surface area contributed by atoms with Crippen LogP contribution in [0.25, 0.3) is 0 Å². The molecule has 1 rings (SSSR count). The maximum atomic E-state index is 13.6. The van der Waals surface area contributed by atoms with Crippen molar-refractivity contribution in [1.29, 1.82) is 0 Å². The maximum Gasteiger partial charge on any atom is 0.113 e. The lowest BCUT2D eigenvalue weighted by atomic mass is 9.88. The van der Waals surface area contributed by atoms with E-state index in [1.807, 2.05) is 13.8 Å². The fraction of sp³-hybridized carbons (Fsp3) is 1.00. The second-order valence-corrected chi connectivity index (χ2v) is 4.05. The molecule has 0 heterocycles. The zero-order chi connectivity index (χ0) is 7.94. The number of hydrogen-bond acceptors (Lipinski definition) is 0. The molecule has 10 heavy (non-hydrogen) atoms. The van der Waals surface area contributed by atoms with Crippen LogP contribution in [0, 0.1) is 17.8 Å². The van der Waals surface area contributed by atoms with E-state index in [2.05, 4.69) is 6.92 Å². The normalized spacial score (nSPS) is 55.5. The highest BCUT2D eigenvalue weighted by Gasteiger charge is 2.46. The fourth-order valence-electron chi connectivity index (χ4n) is 2.00. The average molecular weight is 144 g/mol. The summed E-state index contributed by atoms with van der Waals surface area (Å²) in [5.41, 5.74) is -0.917. The Labute approximate surface area is 62.8 Å². The van der Waals surface area contributed by atoms with Crippen molar-refractivity contribution in [3.05, 3.63) is 0 Å². The van der Waals surface area contributed by atoms with E-state index < -0.39 is 5.67 Å². The van der Waals surface area contributed by atoms with Crippen molar-refractivity contribution in [2.75, 3.05) is 0 Å². The van der Waals surface area contributed by atoms with E-state index in [0.29, 0.717) is 5.92 Å². The monoisotopic (exact) mass is 144 g/mol. The van der Waals surface area contributed by atoms with E-state index >= 15 is 0 Å². The fourth-order valence-corrected chi connectivity index (χ4v) is 2.00. The smallest absolute Gasteiger partial charge is 0.113 e. The van der Waals surface area contributed by atoms with Gasteiger partial charge in [0.05, 0.1) is 0 Å². The Balaban J connectivity index is 2.75. The van der Waals surface area contributed by atoms with E-state index in [0.717, 1.165) is 6.42 Å². The zero-order valence-corrected chi connectivity index (χ0v) is 7.32. The van der Waals surface area contributed by atoms with Gasteiger partial charge in [-0.3, -0.25) is 0 Å². The maximum absolute atomic E-state index is 13.6. The quantitative estimate of drug-likeness (QED) is 0.490. The Morgan fingerprint density at radius 1 is 1.30 bits per heavy atom. The Hall–Kier alpha value is -0.0700. The van der Waals surface area contributed by atoms with Crippen molar-refractivity contribution in [2.24, 2.45) is 17.8 Å². The first-order chi connectivity index (χ1) is 4.46. The molecule has 1 fully saturated rings. The van der Waals surface area contributed by atoms with Gasteiger partial charge in [-0.2, -0.15) is 0 Å². The Bertz CT molecular complexity index is 129. The molecule has 0 saturated heterocycles. The second-order valence-electron chi connectivity index (χ2n) is 4.05. The molecule has 0 nitrogen and oxygen atoms in total. The van der Waals surface area contributed by atoms with E-state index in [9.17, 15) is 4.39 Å². The average Bonchev–Trinajstić information content (AvgIpc) is 1.97. The third-order valence-corrected chi connectivity index (χ3v) is 3.43. The highest BCUT2D eigenvalue weighted by atomic mass is 19.1. The van der Waals surface area contributed by atoms with Gasteiger partial charge in [0.2, 0.25) is 0 Å². The third-order valence-electron chi connectivity index (χ3n) is 3.43. The molecule has 0 aromatic heterocycles. The Kier molecular flexibility index (Phi) is 1.78. The van der Waals surface area contributed by atoms with Crippen LogP contribution in [0.15, 0.2) is 0 Å². The van der Waals surface area contributed by atoms with Crippen LogP contribution in [0.1, 0.15) is 34.1 Å². The topological polar surface area (TPSA) is 0 Å². The van der Waals surface area contributed by atoms with Gasteiger partial charge in [0, 0.05) is 0 Å². The molecule has 0 amide bonds. The van der Waals surface area contributed by atoms with Gasteiger partial charge in [0.15, 0.2) is 0 Å². The minimum atomic E-state index is -0.917. The Morgan fingerprint density at radius 2 is 1.80 bits per heavy atom. The lowest BCUT2D eigenvalue weighted by Gasteiger charge is -2.24. The molecular formula is C9H17F. The van der Waals surface area contributed by atoms with Gasteiger partial charge in [-0.15, -0.1) is 0 Å². The van der Waals surface area contributed by atoms with Crippen molar-refractivity contribution in [3.63, 3.8) is 0 Å². The zero-order valence-electron chi connectivity index (χ0n) is 7.32. The van der Waals surface area contributed by atoms with Crippen molar-refractivity contribution >= 4 is 0 Å². The van der Waals surface area contributed by atoms with Crippen LogP contribution in [0.3, 0.4) is 0 Å². The number of rotatable bonds is 0. The van der Waals surface area contributed by atoms with Crippen molar-refractivity contribution < 1.29 is 4.39 Å². The van der Waals surface area contributed by atoms with Crippen LogP contribution in [0.5, 0.6) is 0 Å². The van der Waals surface area contributed by atoms with Crippen LogP contribution in [0.2, 0.25) is 0 Å². The molecule has 0 aromatic carbocycles. The molecule has 0 spiro atoms.